The van der Waals surface area contributed by atoms with Gasteiger partial charge in [0.1, 0.15) is 5.52 Å². The minimum atomic E-state index is -0.418. The fourth-order valence-electron chi connectivity index (χ4n) is 2.41. The zero-order valence-electron chi connectivity index (χ0n) is 11.9. The van der Waals surface area contributed by atoms with E-state index in [9.17, 15) is 4.79 Å². The number of hydrogen-bond acceptors (Lipinski definition) is 7. The van der Waals surface area contributed by atoms with Crippen LogP contribution in [0.4, 0.5) is 11.7 Å². The number of anilines is 2. The largest absolute Gasteiger partial charge is 0.423 e. The van der Waals surface area contributed by atoms with Gasteiger partial charge in [0, 0.05) is 38.3 Å². The van der Waals surface area contributed by atoms with E-state index in [4.69, 9.17) is 14.9 Å². The summed E-state index contributed by atoms with van der Waals surface area (Å²) in [6.45, 7) is 4.91. The predicted molar refractivity (Wildman–Crippen MR) is 79.4 cm³/mol. The summed E-state index contributed by atoms with van der Waals surface area (Å²) in [6, 6.07) is 3.82. The first-order valence-corrected chi connectivity index (χ1v) is 6.97. The van der Waals surface area contributed by atoms with E-state index < -0.39 is 5.97 Å². The lowest BCUT2D eigenvalue weighted by Gasteiger charge is -2.16. The molecule has 0 spiro atoms. The van der Waals surface area contributed by atoms with Gasteiger partial charge in [-0.15, -0.1) is 0 Å². The first-order chi connectivity index (χ1) is 10.1. The topological polar surface area (TPSA) is 93.6 Å². The number of fused-ring (bicyclic) bond motifs is 1. The number of nitrogens with two attached hydrogens (primary N) is 1. The summed E-state index contributed by atoms with van der Waals surface area (Å²) in [4.78, 5) is 17.7. The second kappa shape index (κ2) is 5.61. The van der Waals surface area contributed by atoms with Crippen LogP contribution in [-0.2, 0) is 4.79 Å². The van der Waals surface area contributed by atoms with Crippen molar-refractivity contribution in [2.75, 3.05) is 36.8 Å². The molecule has 0 unspecified atom stereocenters. The van der Waals surface area contributed by atoms with E-state index >= 15 is 0 Å². The van der Waals surface area contributed by atoms with E-state index in [1.807, 2.05) is 0 Å². The van der Waals surface area contributed by atoms with E-state index in [1.165, 1.54) is 6.92 Å². The minimum absolute atomic E-state index is 0.309. The van der Waals surface area contributed by atoms with Crippen molar-refractivity contribution in [1.82, 2.24) is 10.3 Å². The van der Waals surface area contributed by atoms with Crippen LogP contribution >= 0.6 is 0 Å². The lowest BCUT2D eigenvalue weighted by molar-refractivity contribution is -0.131. The molecule has 2 aromatic rings. The molecule has 0 aliphatic carbocycles. The summed E-state index contributed by atoms with van der Waals surface area (Å²) < 4.78 is 11.0. The highest BCUT2D eigenvalue weighted by molar-refractivity contribution is 5.87. The Morgan fingerprint density at radius 3 is 3.10 bits per heavy atom. The predicted octanol–water partition coefficient (Wildman–Crippen LogP) is 1.14. The van der Waals surface area contributed by atoms with Gasteiger partial charge in [-0.1, -0.05) is 0 Å². The summed E-state index contributed by atoms with van der Waals surface area (Å²) in [7, 11) is 0. The number of aromatic nitrogens is 1. The number of nitrogen functional groups attached to an aromatic ring is 1. The number of benzene rings is 1. The van der Waals surface area contributed by atoms with Gasteiger partial charge < -0.3 is 25.1 Å². The molecule has 2 heterocycles. The molecule has 3 N–H and O–H groups in total. The Labute approximate surface area is 122 Å². The Hall–Kier alpha value is -2.28. The first kappa shape index (κ1) is 13.7. The molecule has 0 saturated carbocycles. The number of ether oxygens (including phenoxy) is 1. The Morgan fingerprint density at radius 1 is 1.43 bits per heavy atom. The summed E-state index contributed by atoms with van der Waals surface area (Å²) in [5.41, 5.74) is 7.35. The lowest BCUT2D eigenvalue weighted by Crippen LogP contribution is -2.27. The molecule has 7 heteroatoms. The van der Waals surface area contributed by atoms with Gasteiger partial charge in [0.25, 0.3) is 6.01 Å². The third-order valence-corrected chi connectivity index (χ3v) is 3.33. The first-order valence-electron chi connectivity index (χ1n) is 6.97. The maximum Gasteiger partial charge on any atom is 0.308 e. The van der Waals surface area contributed by atoms with Gasteiger partial charge in [-0.25, -0.2) is 0 Å². The summed E-state index contributed by atoms with van der Waals surface area (Å²) in [5.74, 6) is -0.108. The van der Waals surface area contributed by atoms with Crippen LogP contribution in [0.5, 0.6) is 5.75 Å². The molecule has 0 atom stereocenters. The molecule has 3 rings (SSSR count). The highest BCUT2D eigenvalue weighted by Gasteiger charge is 2.19. The number of nitrogens with zero attached hydrogens (tertiary/aromatic N) is 2. The van der Waals surface area contributed by atoms with Gasteiger partial charge in [0.15, 0.2) is 11.3 Å². The van der Waals surface area contributed by atoms with Crippen molar-refractivity contribution in [2.24, 2.45) is 0 Å². The van der Waals surface area contributed by atoms with Gasteiger partial charge in [-0.3, -0.25) is 4.79 Å². The Bertz CT molecular complexity index is 660. The molecule has 21 heavy (non-hydrogen) atoms. The van der Waals surface area contributed by atoms with Gasteiger partial charge in [0.2, 0.25) is 0 Å². The fraction of sp³-hybridized carbons (Fsp3) is 0.429. The molecule has 1 aromatic heterocycles. The number of carbonyl (C=O) groups is 1. The molecular weight excluding hydrogens is 272 g/mol. The number of rotatable bonds is 2. The molecule has 1 fully saturated rings. The summed E-state index contributed by atoms with van der Waals surface area (Å²) in [6.07, 6.45) is 1.03. The standard InChI is InChI=1S/C14H18N4O3/c1-9(19)20-12-8-10(15)7-11-13(12)21-14(17-11)18-5-2-3-16-4-6-18/h7-8,16H,2-6,15H2,1H3. The fourth-order valence-corrected chi connectivity index (χ4v) is 2.41. The zero-order chi connectivity index (χ0) is 14.8. The van der Waals surface area contributed by atoms with Crippen LogP contribution in [-0.4, -0.2) is 37.1 Å². The molecule has 0 bridgehead atoms. The van der Waals surface area contributed by atoms with Crippen molar-refractivity contribution in [1.29, 1.82) is 0 Å². The summed E-state index contributed by atoms with van der Waals surface area (Å²) in [5, 5.41) is 3.33. The van der Waals surface area contributed by atoms with E-state index in [-0.39, 0.29) is 0 Å². The van der Waals surface area contributed by atoms with Crippen molar-refractivity contribution in [3.05, 3.63) is 12.1 Å². The molecule has 1 aliphatic rings. The van der Waals surface area contributed by atoms with Crippen LogP contribution in [0.25, 0.3) is 11.1 Å². The average Bonchev–Trinajstić information content (AvgIpc) is 2.67. The number of carbonyl (C=O) groups excluding carboxylic acids is 1. The number of oxazole rings is 1. The molecule has 112 valence electrons. The molecule has 1 aliphatic heterocycles. The van der Waals surface area contributed by atoms with Crippen molar-refractivity contribution in [3.8, 4) is 5.75 Å². The van der Waals surface area contributed by atoms with Crippen LogP contribution in [0.15, 0.2) is 16.5 Å². The SMILES string of the molecule is CC(=O)Oc1cc(N)cc2nc(N3CCCNCC3)oc12. The maximum atomic E-state index is 11.2. The van der Waals surface area contributed by atoms with Crippen molar-refractivity contribution >= 4 is 28.8 Å². The third-order valence-electron chi connectivity index (χ3n) is 3.33. The highest BCUT2D eigenvalue weighted by Crippen LogP contribution is 2.32. The van der Waals surface area contributed by atoms with E-state index in [0.717, 1.165) is 32.6 Å². The molecular formula is C14H18N4O3. The second-order valence-corrected chi connectivity index (χ2v) is 5.05. The van der Waals surface area contributed by atoms with Crippen LogP contribution in [0.3, 0.4) is 0 Å². The molecule has 1 aromatic carbocycles. The Balaban J connectivity index is 2.00. The van der Waals surface area contributed by atoms with Crippen molar-refractivity contribution < 1.29 is 13.9 Å². The minimum Gasteiger partial charge on any atom is -0.423 e. The second-order valence-electron chi connectivity index (χ2n) is 5.05. The summed E-state index contributed by atoms with van der Waals surface area (Å²) >= 11 is 0. The monoisotopic (exact) mass is 290 g/mol. The van der Waals surface area contributed by atoms with Crippen LogP contribution in [0.2, 0.25) is 0 Å². The Morgan fingerprint density at radius 2 is 2.29 bits per heavy atom. The van der Waals surface area contributed by atoms with Crippen LogP contribution in [0, 0.1) is 0 Å². The highest BCUT2D eigenvalue weighted by atomic mass is 16.5. The molecule has 0 radical (unpaired) electrons. The number of esters is 1. The van der Waals surface area contributed by atoms with Crippen molar-refractivity contribution in [3.63, 3.8) is 0 Å². The third kappa shape index (κ3) is 2.92. The lowest BCUT2D eigenvalue weighted by atomic mass is 10.2. The quantitative estimate of drug-likeness (QED) is 0.486. The number of hydrogen-bond donors (Lipinski definition) is 2. The molecule has 0 amide bonds. The zero-order valence-corrected chi connectivity index (χ0v) is 11.9. The van der Waals surface area contributed by atoms with Gasteiger partial charge >= 0.3 is 5.97 Å². The molecule has 7 nitrogen and oxygen atoms in total. The normalized spacial score (nSPS) is 16.0. The van der Waals surface area contributed by atoms with Gasteiger partial charge in [-0.2, -0.15) is 4.98 Å². The van der Waals surface area contributed by atoms with Gasteiger partial charge in [-0.05, 0) is 19.0 Å². The average molecular weight is 290 g/mol. The van der Waals surface area contributed by atoms with E-state index in [0.29, 0.717) is 28.6 Å². The Kier molecular flexibility index (Phi) is 3.66. The maximum absolute atomic E-state index is 11.2. The van der Waals surface area contributed by atoms with E-state index in [2.05, 4.69) is 15.2 Å². The molecule has 1 saturated heterocycles. The smallest absolute Gasteiger partial charge is 0.308 e. The van der Waals surface area contributed by atoms with Crippen LogP contribution < -0.4 is 20.7 Å². The number of nitrogens with one attached hydrogen (secondary N) is 1. The van der Waals surface area contributed by atoms with Gasteiger partial charge in [0.05, 0.1) is 0 Å². The van der Waals surface area contributed by atoms with Crippen molar-refractivity contribution in [2.45, 2.75) is 13.3 Å². The van der Waals surface area contributed by atoms with E-state index in [1.54, 1.807) is 12.1 Å². The van der Waals surface area contributed by atoms with Crippen LogP contribution in [0.1, 0.15) is 13.3 Å².